The fourth-order valence-corrected chi connectivity index (χ4v) is 13.4. The highest BCUT2D eigenvalue weighted by molar-refractivity contribution is 7.21. The van der Waals surface area contributed by atoms with Gasteiger partial charge < -0.3 is 19.2 Å². The van der Waals surface area contributed by atoms with Crippen molar-refractivity contribution in [1.29, 1.82) is 0 Å². The molecule has 15 heteroatoms. The number of methoxy groups -OCH3 is 1. The van der Waals surface area contributed by atoms with Crippen molar-refractivity contribution in [3.8, 4) is 10.8 Å². The molecule has 12 nitrogen and oxygen atoms in total. The minimum Gasteiger partial charge on any atom is -0.496 e. The van der Waals surface area contributed by atoms with E-state index in [2.05, 4.69) is 60.6 Å². The van der Waals surface area contributed by atoms with Gasteiger partial charge in [0.2, 0.25) is 5.91 Å². The minimum absolute atomic E-state index is 0.0192. The van der Waals surface area contributed by atoms with Crippen molar-refractivity contribution in [2.45, 2.75) is 57.8 Å². The van der Waals surface area contributed by atoms with Crippen molar-refractivity contribution in [1.82, 2.24) is 29.4 Å². The molecule has 0 spiro atoms. The van der Waals surface area contributed by atoms with Crippen LogP contribution in [-0.2, 0) is 20.5 Å². The largest absolute Gasteiger partial charge is 0.496 e. The van der Waals surface area contributed by atoms with Crippen molar-refractivity contribution in [3.05, 3.63) is 129 Å². The number of carbonyl (C=O) groups excluding carboxylic acids is 1. The number of thiophene rings is 1. The number of nitrogens with zero attached hydrogens (tertiary/aromatic N) is 5. The summed E-state index contributed by atoms with van der Waals surface area (Å²) in [6.45, 7) is 8.64. The molecule has 1 aliphatic rings. The molecule has 7 rings (SSSR count). The average Bonchev–Trinajstić information content (AvgIpc) is 3.94. The molecule has 1 amide bonds. The Labute approximate surface area is 322 Å². The van der Waals surface area contributed by atoms with E-state index >= 15 is 4.39 Å². The molecule has 1 aliphatic heterocycles. The Morgan fingerprint density at radius 2 is 1.62 bits per heavy atom. The van der Waals surface area contributed by atoms with Gasteiger partial charge in [-0.2, -0.15) is 10.2 Å². The summed E-state index contributed by atoms with van der Waals surface area (Å²) in [7, 11) is -1.43. The van der Waals surface area contributed by atoms with Gasteiger partial charge in [-0.05, 0) is 40.5 Å². The molecular weight excluding hydrogens is 740 g/mol. The summed E-state index contributed by atoms with van der Waals surface area (Å²) in [4.78, 5) is 42.8. The summed E-state index contributed by atoms with van der Waals surface area (Å²) in [5.41, 5.74) is -0.164. The van der Waals surface area contributed by atoms with Gasteiger partial charge in [0.25, 0.3) is 13.9 Å². The van der Waals surface area contributed by atoms with Crippen LogP contribution >= 0.6 is 11.3 Å². The van der Waals surface area contributed by atoms with Crippen LogP contribution in [0.4, 0.5) is 4.39 Å². The molecule has 0 radical (unpaired) electrons. The Morgan fingerprint density at radius 3 is 2.20 bits per heavy atom. The SMILES string of the molecule is COc1ccc(F)cc1[C@H](Cn1c(=O)n([C@H]2CNC(=O)C2)c(=O)c2c(C)c(-n3nccn3)sc21)OCCO[Si](c1ccccc1)(c1ccccc1)C(C)(C)C. The number of ether oxygens (including phenoxy) is 2. The summed E-state index contributed by atoms with van der Waals surface area (Å²) in [6, 6.07) is 24.0. The molecule has 4 heterocycles. The van der Waals surface area contributed by atoms with E-state index in [1.807, 2.05) is 36.4 Å². The number of hydrogen-bond donors (Lipinski definition) is 1. The van der Waals surface area contributed by atoms with E-state index in [4.69, 9.17) is 13.9 Å². The molecule has 1 N–H and O–H groups in total. The first-order chi connectivity index (χ1) is 26.4. The molecule has 286 valence electrons. The number of nitrogens with one attached hydrogen (secondary N) is 1. The highest BCUT2D eigenvalue weighted by atomic mass is 32.1. The van der Waals surface area contributed by atoms with Gasteiger partial charge in [-0.25, -0.2) is 9.18 Å². The van der Waals surface area contributed by atoms with Crippen LogP contribution in [0.15, 0.2) is 101 Å². The third-order valence-electron chi connectivity index (χ3n) is 10.2. The van der Waals surface area contributed by atoms with Gasteiger partial charge in [0.05, 0.1) is 50.7 Å². The number of aromatic nitrogens is 5. The number of hydrogen-bond acceptors (Lipinski definition) is 9. The molecule has 3 aromatic carbocycles. The van der Waals surface area contributed by atoms with Gasteiger partial charge in [-0.3, -0.25) is 18.7 Å². The van der Waals surface area contributed by atoms with E-state index in [1.165, 1.54) is 58.4 Å². The van der Waals surface area contributed by atoms with E-state index in [-0.39, 0.29) is 43.7 Å². The topological polar surface area (TPSA) is 132 Å². The van der Waals surface area contributed by atoms with Gasteiger partial charge in [-0.1, -0.05) is 92.8 Å². The zero-order valence-corrected chi connectivity index (χ0v) is 33.1. The number of fused-ring (bicyclic) bond motifs is 1. The number of carbonyl (C=O) groups is 1. The predicted molar refractivity (Wildman–Crippen MR) is 212 cm³/mol. The van der Waals surface area contributed by atoms with Crippen LogP contribution in [0.25, 0.3) is 15.2 Å². The van der Waals surface area contributed by atoms with Crippen LogP contribution in [0, 0.1) is 12.7 Å². The van der Waals surface area contributed by atoms with E-state index < -0.39 is 37.5 Å². The highest BCUT2D eigenvalue weighted by Gasteiger charge is 2.50. The lowest BCUT2D eigenvalue weighted by Gasteiger charge is -2.43. The van der Waals surface area contributed by atoms with Crippen LogP contribution in [0.2, 0.25) is 5.04 Å². The first-order valence-electron chi connectivity index (χ1n) is 18.1. The fraction of sp³-hybridized carbons (Fsp3) is 0.325. The van der Waals surface area contributed by atoms with E-state index in [0.29, 0.717) is 32.1 Å². The number of amides is 1. The number of rotatable bonds is 13. The first-order valence-corrected chi connectivity index (χ1v) is 20.8. The average molecular weight is 783 g/mol. The van der Waals surface area contributed by atoms with Gasteiger partial charge in [-0.15, -0.1) is 4.80 Å². The summed E-state index contributed by atoms with van der Waals surface area (Å²) in [5, 5.41) is 14.1. The molecule has 0 bridgehead atoms. The second-order valence-electron chi connectivity index (χ2n) is 14.5. The lowest BCUT2D eigenvalue weighted by molar-refractivity contribution is -0.119. The lowest BCUT2D eigenvalue weighted by atomic mass is 10.1. The summed E-state index contributed by atoms with van der Waals surface area (Å²) >= 11 is 1.19. The molecule has 6 aromatic rings. The fourth-order valence-electron chi connectivity index (χ4n) is 7.63. The smallest absolute Gasteiger partial charge is 0.332 e. The maximum Gasteiger partial charge on any atom is 0.332 e. The van der Waals surface area contributed by atoms with E-state index in [1.54, 1.807) is 6.92 Å². The van der Waals surface area contributed by atoms with Crippen LogP contribution < -0.4 is 31.7 Å². The molecule has 1 fully saturated rings. The van der Waals surface area contributed by atoms with Gasteiger partial charge in [0, 0.05) is 24.1 Å². The van der Waals surface area contributed by atoms with Gasteiger partial charge >= 0.3 is 5.69 Å². The standard InChI is InChI=1S/C40H43FN6O6SSi/c1-26-35-36(49)46(28-23-34(48)42-24-28)39(50)45(38(35)54-37(26)47-43-18-19-44-47)25-33(31-22-27(41)16-17-32(31)51-5)52-20-21-53-55(40(2,3)4,29-12-8-6-9-13-29)30-14-10-7-11-15-30/h6-19,22,28,33H,20-21,23-25H2,1-5H3,(H,42,48)/t28-,33+/m1/s1. The summed E-state index contributed by atoms with van der Waals surface area (Å²) < 4.78 is 37.1. The van der Waals surface area contributed by atoms with Crippen molar-refractivity contribution in [2.75, 3.05) is 26.9 Å². The lowest BCUT2D eigenvalue weighted by Crippen LogP contribution is -2.66. The Kier molecular flexibility index (Phi) is 10.7. The van der Waals surface area contributed by atoms with Crippen molar-refractivity contribution < 1.29 is 23.1 Å². The van der Waals surface area contributed by atoms with Crippen molar-refractivity contribution >= 4 is 46.2 Å². The molecule has 1 saturated heterocycles. The Bertz CT molecular complexity index is 2390. The van der Waals surface area contributed by atoms with Crippen molar-refractivity contribution in [3.63, 3.8) is 0 Å². The highest BCUT2D eigenvalue weighted by Crippen LogP contribution is 2.38. The normalized spacial score (nSPS) is 15.4. The third kappa shape index (κ3) is 7.08. The zero-order valence-electron chi connectivity index (χ0n) is 31.3. The molecular formula is C40H43FN6O6SSi. The van der Waals surface area contributed by atoms with Crippen LogP contribution in [0.1, 0.15) is 50.5 Å². The summed E-state index contributed by atoms with van der Waals surface area (Å²) in [6.07, 6.45) is 2.10. The number of halogens is 1. The monoisotopic (exact) mass is 782 g/mol. The molecule has 2 atom stereocenters. The van der Waals surface area contributed by atoms with Crippen LogP contribution in [0.3, 0.4) is 0 Å². The van der Waals surface area contributed by atoms with Crippen molar-refractivity contribution in [2.24, 2.45) is 0 Å². The third-order valence-corrected chi connectivity index (χ3v) is 16.5. The zero-order chi connectivity index (χ0) is 38.9. The maximum absolute atomic E-state index is 15.0. The Balaban J connectivity index is 1.31. The first kappa shape index (κ1) is 38.1. The number of aryl methyl sites for hydroxylation is 1. The molecule has 55 heavy (non-hydrogen) atoms. The molecule has 0 aliphatic carbocycles. The molecule has 0 saturated carbocycles. The Hall–Kier alpha value is -5.22. The summed E-state index contributed by atoms with van der Waals surface area (Å²) in [5.74, 6) is -0.394. The minimum atomic E-state index is -2.92. The van der Waals surface area contributed by atoms with Gasteiger partial charge in [0.15, 0.2) is 0 Å². The second kappa shape index (κ2) is 15.5. The van der Waals surface area contributed by atoms with E-state index in [0.717, 1.165) is 14.9 Å². The molecule has 0 unspecified atom stereocenters. The predicted octanol–water partition coefficient (Wildman–Crippen LogP) is 4.66. The van der Waals surface area contributed by atoms with Crippen LogP contribution in [0.5, 0.6) is 5.75 Å². The second-order valence-corrected chi connectivity index (χ2v) is 19.8. The maximum atomic E-state index is 15.0. The Morgan fingerprint density at radius 1 is 0.964 bits per heavy atom. The van der Waals surface area contributed by atoms with E-state index in [9.17, 15) is 14.4 Å². The quantitative estimate of drug-likeness (QED) is 0.132. The van der Waals surface area contributed by atoms with Crippen LogP contribution in [-0.4, -0.2) is 65.2 Å². The van der Waals surface area contributed by atoms with Gasteiger partial charge in [0.1, 0.15) is 27.5 Å². The molecule has 3 aromatic heterocycles. The number of benzene rings is 3.